The first-order chi connectivity index (χ1) is 13.7. The summed E-state index contributed by atoms with van der Waals surface area (Å²) in [4.78, 5) is 18.5. The molecule has 0 aliphatic carbocycles. The number of anilines is 1. The van der Waals surface area contributed by atoms with Gasteiger partial charge >= 0.3 is 0 Å². The summed E-state index contributed by atoms with van der Waals surface area (Å²) in [6, 6.07) is 7.53. The van der Waals surface area contributed by atoms with E-state index in [1.54, 1.807) is 19.1 Å². The minimum atomic E-state index is -0.0194. The zero-order chi connectivity index (χ0) is 19.5. The fourth-order valence-electron chi connectivity index (χ4n) is 3.72. The highest BCUT2D eigenvalue weighted by atomic mass is 16.5. The smallest absolute Gasteiger partial charge is 0.229 e. The molecule has 9 nitrogen and oxygen atoms in total. The maximum Gasteiger partial charge on any atom is 0.229 e. The second kappa shape index (κ2) is 7.87. The van der Waals surface area contributed by atoms with Crippen LogP contribution in [0.5, 0.6) is 5.75 Å². The van der Waals surface area contributed by atoms with Gasteiger partial charge in [0.2, 0.25) is 5.91 Å². The third-order valence-corrected chi connectivity index (χ3v) is 5.15. The molecule has 0 bridgehead atoms. The van der Waals surface area contributed by atoms with Gasteiger partial charge in [-0.2, -0.15) is 0 Å². The summed E-state index contributed by atoms with van der Waals surface area (Å²) < 4.78 is 7.42. The van der Waals surface area contributed by atoms with Crippen LogP contribution in [-0.2, 0) is 24.3 Å². The molecule has 148 valence electrons. The maximum absolute atomic E-state index is 12.5. The lowest BCUT2D eigenvalue weighted by molar-refractivity contribution is -0.117. The Labute approximate surface area is 163 Å². The normalized spacial score (nSPS) is 19.1. The molecule has 28 heavy (non-hydrogen) atoms. The first-order valence-electron chi connectivity index (χ1n) is 9.50. The molecule has 1 fully saturated rings. The minimum Gasteiger partial charge on any atom is -0.497 e. The van der Waals surface area contributed by atoms with Crippen molar-refractivity contribution in [3.05, 3.63) is 35.9 Å². The van der Waals surface area contributed by atoms with E-state index < -0.39 is 0 Å². The Morgan fingerprint density at radius 2 is 2.29 bits per heavy atom. The number of carbonyl (C=O) groups is 1. The van der Waals surface area contributed by atoms with Crippen molar-refractivity contribution < 1.29 is 9.53 Å². The second-order valence-electron chi connectivity index (χ2n) is 6.96. The average molecular weight is 383 g/mol. The van der Waals surface area contributed by atoms with Crippen molar-refractivity contribution in [2.24, 2.45) is 4.99 Å². The molecule has 2 aliphatic rings. The van der Waals surface area contributed by atoms with Crippen molar-refractivity contribution in [1.82, 2.24) is 25.4 Å². The van der Waals surface area contributed by atoms with Crippen LogP contribution in [0, 0.1) is 0 Å². The molecule has 3 heterocycles. The van der Waals surface area contributed by atoms with Crippen molar-refractivity contribution in [3.63, 3.8) is 0 Å². The maximum atomic E-state index is 12.5. The van der Waals surface area contributed by atoms with Gasteiger partial charge in [0.25, 0.3) is 0 Å². The lowest BCUT2D eigenvalue weighted by atomic mass is 10.2. The van der Waals surface area contributed by atoms with E-state index in [1.165, 1.54) is 0 Å². The van der Waals surface area contributed by atoms with Crippen LogP contribution < -0.4 is 20.3 Å². The van der Waals surface area contributed by atoms with E-state index in [-0.39, 0.29) is 11.9 Å². The summed E-state index contributed by atoms with van der Waals surface area (Å²) in [6.07, 6.45) is 2.53. The van der Waals surface area contributed by atoms with E-state index in [1.807, 2.05) is 24.3 Å². The van der Waals surface area contributed by atoms with Crippen molar-refractivity contribution in [2.75, 3.05) is 25.6 Å². The number of guanidine groups is 1. The van der Waals surface area contributed by atoms with Gasteiger partial charge in [0.15, 0.2) is 11.8 Å². The van der Waals surface area contributed by atoms with Crippen LogP contribution in [0.25, 0.3) is 0 Å². The quantitative estimate of drug-likeness (QED) is 0.583. The number of fused-ring (bicyclic) bond motifs is 1. The van der Waals surface area contributed by atoms with Gasteiger partial charge in [-0.05, 0) is 18.6 Å². The van der Waals surface area contributed by atoms with Crippen molar-refractivity contribution in [1.29, 1.82) is 0 Å². The first kappa shape index (κ1) is 18.3. The summed E-state index contributed by atoms with van der Waals surface area (Å²) in [5, 5.41) is 15.1. The molecule has 4 rings (SSSR count). The third kappa shape index (κ3) is 3.64. The molecule has 1 amide bonds. The predicted octanol–water partition coefficient (Wildman–Crippen LogP) is 0.703. The zero-order valence-corrected chi connectivity index (χ0v) is 16.2. The van der Waals surface area contributed by atoms with Crippen LogP contribution in [0.1, 0.15) is 24.5 Å². The number of aromatic nitrogens is 3. The molecule has 1 unspecified atom stereocenters. The molecule has 1 aromatic carbocycles. The number of aryl methyl sites for hydroxylation is 1. The number of amides is 1. The number of aliphatic imine (C=N–C) groups is 1. The zero-order valence-electron chi connectivity index (χ0n) is 16.2. The largest absolute Gasteiger partial charge is 0.497 e. The lowest BCUT2D eigenvalue weighted by Gasteiger charge is -2.19. The fourth-order valence-corrected chi connectivity index (χ4v) is 3.72. The van der Waals surface area contributed by atoms with E-state index >= 15 is 0 Å². The van der Waals surface area contributed by atoms with Gasteiger partial charge < -0.3 is 24.8 Å². The molecule has 2 aromatic rings. The Hall–Kier alpha value is -3.10. The molecule has 0 spiro atoms. The van der Waals surface area contributed by atoms with E-state index in [4.69, 9.17) is 4.74 Å². The van der Waals surface area contributed by atoms with Crippen LogP contribution >= 0.6 is 0 Å². The number of hydrogen-bond donors (Lipinski definition) is 2. The van der Waals surface area contributed by atoms with Gasteiger partial charge in [0.1, 0.15) is 11.6 Å². The average Bonchev–Trinajstić information content (AvgIpc) is 3.41. The summed E-state index contributed by atoms with van der Waals surface area (Å²) >= 11 is 0. The van der Waals surface area contributed by atoms with Crippen molar-refractivity contribution in [3.8, 4) is 5.75 Å². The topological polar surface area (TPSA) is 96.7 Å². The van der Waals surface area contributed by atoms with Gasteiger partial charge in [-0.15, -0.1) is 10.2 Å². The van der Waals surface area contributed by atoms with Gasteiger partial charge in [0, 0.05) is 44.7 Å². The minimum absolute atomic E-state index is 0.0194. The number of nitrogens with one attached hydrogen (secondary N) is 2. The Morgan fingerprint density at radius 1 is 1.39 bits per heavy atom. The summed E-state index contributed by atoms with van der Waals surface area (Å²) in [5.74, 6) is 3.43. The van der Waals surface area contributed by atoms with Crippen molar-refractivity contribution >= 4 is 17.6 Å². The number of ether oxygens (including phenoxy) is 1. The molecule has 9 heteroatoms. The Balaban J connectivity index is 1.35. The highest BCUT2D eigenvalue weighted by Gasteiger charge is 2.31. The molecule has 1 atom stereocenters. The molecular formula is C19H25N7O2. The van der Waals surface area contributed by atoms with E-state index in [0.717, 1.165) is 42.5 Å². The van der Waals surface area contributed by atoms with Crippen LogP contribution in [0.2, 0.25) is 0 Å². The summed E-state index contributed by atoms with van der Waals surface area (Å²) in [5.41, 5.74) is 0.843. The molecule has 0 radical (unpaired) electrons. The van der Waals surface area contributed by atoms with Crippen LogP contribution in [0.15, 0.2) is 29.3 Å². The van der Waals surface area contributed by atoms with E-state index in [0.29, 0.717) is 25.5 Å². The van der Waals surface area contributed by atoms with Gasteiger partial charge in [-0.3, -0.25) is 9.79 Å². The fraction of sp³-hybridized carbons (Fsp3) is 0.474. The number of benzene rings is 1. The molecule has 2 N–H and O–H groups in total. The van der Waals surface area contributed by atoms with Gasteiger partial charge in [0.05, 0.1) is 19.7 Å². The summed E-state index contributed by atoms with van der Waals surface area (Å²) in [7, 11) is 3.34. The lowest BCUT2D eigenvalue weighted by Crippen LogP contribution is -2.44. The Bertz CT molecular complexity index is 892. The number of methoxy groups -OCH3 is 1. The monoisotopic (exact) mass is 383 g/mol. The second-order valence-corrected chi connectivity index (χ2v) is 6.96. The summed E-state index contributed by atoms with van der Waals surface area (Å²) in [6.45, 7) is 2.10. The van der Waals surface area contributed by atoms with Gasteiger partial charge in [-0.25, -0.2) is 0 Å². The molecule has 1 saturated heterocycles. The highest BCUT2D eigenvalue weighted by Crippen LogP contribution is 2.25. The van der Waals surface area contributed by atoms with Crippen LogP contribution in [0.4, 0.5) is 5.69 Å². The van der Waals surface area contributed by atoms with Gasteiger partial charge in [-0.1, -0.05) is 6.07 Å². The number of carbonyl (C=O) groups excluding carboxylic acids is 1. The van der Waals surface area contributed by atoms with E-state index in [9.17, 15) is 4.79 Å². The predicted molar refractivity (Wildman–Crippen MR) is 105 cm³/mol. The molecular weight excluding hydrogens is 358 g/mol. The van der Waals surface area contributed by atoms with E-state index in [2.05, 4.69) is 30.4 Å². The third-order valence-electron chi connectivity index (χ3n) is 5.15. The SMILES string of the molecule is CN=C(NCc1nnc2n1CCC2)NC1CC(=O)N(c2cccc(OC)c2)C1. The highest BCUT2D eigenvalue weighted by molar-refractivity contribution is 5.97. The Kier molecular flexibility index (Phi) is 5.14. The number of nitrogens with zero attached hydrogens (tertiary/aromatic N) is 5. The molecule has 0 saturated carbocycles. The standard InChI is InChI=1S/C19H25N7O2/c1-20-19(21-11-17-24-23-16-7-4-8-25(16)17)22-13-9-18(27)26(12-13)14-5-3-6-15(10-14)28-2/h3,5-6,10,13H,4,7-9,11-12H2,1-2H3,(H2,20,21,22). The van der Waals surface area contributed by atoms with Crippen molar-refractivity contribution in [2.45, 2.75) is 38.4 Å². The first-order valence-corrected chi connectivity index (χ1v) is 9.50. The molecule has 2 aliphatic heterocycles. The number of hydrogen-bond acceptors (Lipinski definition) is 5. The number of rotatable bonds is 5. The van der Waals surface area contributed by atoms with Crippen LogP contribution in [-0.4, -0.2) is 53.4 Å². The molecule has 1 aromatic heterocycles. The van der Waals surface area contributed by atoms with Crippen LogP contribution in [0.3, 0.4) is 0 Å². The Morgan fingerprint density at radius 3 is 3.11 bits per heavy atom.